The summed E-state index contributed by atoms with van der Waals surface area (Å²) in [7, 11) is 3.25. The lowest BCUT2D eigenvalue weighted by molar-refractivity contribution is 0.144. The number of nitrogens with zero attached hydrogens (tertiary/aromatic N) is 6. The number of aromatic amines is 2. The van der Waals surface area contributed by atoms with Gasteiger partial charge in [-0.1, -0.05) is 0 Å². The van der Waals surface area contributed by atoms with Crippen molar-refractivity contribution in [3.05, 3.63) is 59.3 Å². The largest absolute Gasteiger partial charge is 0.467 e. The summed E-state index contributed by atoms with van der Waals surface area (Å²) in [5.41, 5.74) is 2.79. The van der Waals surface area contributed by atoms with Crippen LogP contribution in [0, 0.1) is 0 Å². The van der Waals surface area contributed by atoms with Gasteiger partial charge in [-0.15, -0.1) is 0 Å². The second kappa shape index (κ2) is 10.7. The molecule has 12 heteroatoms. The van der Waals surface area contributed by atoms with Crippen molar-refractivity contribution < 1.29 is 9.47 Å². The number of piperazine rings is 1. The van der Waals surface area contributed by atoms with Crippen LogP contribution < -0.4 is 20.5 Å². The van der Waals surface area contributed by atoms with Gasteiger partial charge in [0.25, 0.3) is 5.56 Å². The van der Waals surface area contributed by atoms with Crippen molar-refractivity contribution in [2.45, 2.75) is 0 Å². The molecule has 0 unspecified atom stereocenters. The van der Waals surface area contributed by atoms with Gasteiger partial charge in [-0.3, -0.25) is 14.8 Å². The first-order chi connectivity index (χ1) is 19.1. The van der Waals surface area contributed by atoms with E-state index in [0.29, 0.717) is 22.5 Å². The highest BCUT2D eigenvalue weighted by Gasteiger charge is 2.21. The number of benzene rings is 1. The van der Waals surface area contributed by atoms with Crippen molar-refractivity contribution in [2.24, 2.45) is 0 Å². The lowest BCUT2D eigenvalue weighted by Crippen LogP contribution is -2.47. The Labute approximate surface area is 224 Å². The van der Waals surface area contributed by atoms with E-state index < -0.39 is 0 Å². The molecule has 200 valence electrons. The third kappa shape index (κ3) is 4.99. The molecular weight excluding hydrogens is 498 g/mol. The number of ether oxygens (including phenoxy) is 2. The lowest BCUT2D eigenvalue weighted by Gasteiger charge is -2.34. The van der Waals surface area contributed by atoms with E-state index in [0.717, 1.165) is 67.1 Å². The van der Waals surface area contributed by atoms with Crippen LogP contribution in [0.25, 0.3) is 32.9 Å². The predicted molar refractivity (Wildman–Crippen MR) is 150 cm³/mol. The fourth-order valence-electron chi connectivity index (χ4n) is 4.87. The van der Waals surface area contributed by atoms with E-state index in [-0.39, 0.29) is 11.6 Å². The minimum absolute atomic E-state index is 0.227. The Morgan fingerprint density at radius 3 is 2.64 bits per heavy atom. The van der Waals surface area contributed by atoms with Gasteiger partial charge in [0, 0.05) is 75.1 Å². The van der Waals surface area contributed by atoms with E-state index >= 15 is 0 Å². The average molecular weight is 528 g/mol. The second-order valence-electron chi connectivity index (χ2n) is 9.34. The third-order valence-corrected chi connectivity index (χ3v) is 6.95. The average Bonchev–Trinajstić information content (AvgIpc) is 3.39. The highest BCUT2D eigenvalue weighted by molar-refractivity contribution is 5.97. The number of pyridine rings is 2. The topological polar surface area (TPSA) is 137 Å². The van der Waals surface area contributed by atoms with E-state index in [1.165, 1.54) is 7.11 Å². The molecule has 0 radical (unpaired) electrons. The molecule has 0 atom stereocenters. The van der Waals surface area contributed by atoms with Crippen LogP contribution in [0.5, 0.6) is 6.01 Å². The number of hydrogen-bond acceptors (Lipinski definition) is 10. The summed E-state index contributed by atoms with van der Waals surface area (Å²) in [4.78, 5) is 33.4. The first kappa shape index (κ1) is 24.8. The predicted octanol–water partition coefficient (Wildman–Crippen LogP) is 2.78. The van der Waals surface area contributed by atoms with Gasteiger partial charge in [0.15, 0.2) is 5.82 Å². The summed E-state index contributed by atoms with van der Waals surface area (Å²) >= 11 is 0. The van der Waals surface area contributed by atoms with Crippen molar-refractivity contribution in [1.29, 1.82) is 0 Å². The van der Waals surface area contributed by atoms with Gasteiger partial charge in [-0.25, -0.2) is 15.0 Å². The Morgan fingerprint density at radius 2 is 1.87 bits per heavy atom. The van der Waals surface area contributed by atoms with E-state index in [4.69, 9.17) is 14.5 Å². The molecule has 4 aromatic heterocycles. The summed E-state index contributed by atoms with van der Waals surface area (Å²) in [6.07, 6.45) is 4.91. The molecular formula is C27H29N9O3. The zero-order chi connectivity index (χ0) is 26.8. The van der Waals surface area contributed by atoms with Gasteiger partial charge in [-0.05, 0) is 35.7 Å². The van der Waals surface area contributed by atoms with Crippen LogP contribution in [0.2, 0.25) is 0 Å². The van der Waals surface area contributed by atoms with E-state index in [9.17, 15) is 4.79 Å². The van der Waals surface area contributed by atoms with E-state index in [1.807, 2.05) is 30.3 Å². The first-order valence-electron chi connectivity index (χ1n) is 12.7. The van der Waals surface area contributed by atoms with E-state index in [1.54, 1.807) is 25.7 Å². The highest BCUT2D eigenvalue weighted by atomic mass is 16.5. The maximum atomic E-state index is 12.8. The molecule has 12 nitrogen and oxygen atoms in total. The zero-order valence-corrected chi connectivity index (χ0v) is 21.8. The van der Waals surface area contributed by atoms with Crippen molar-refractivity contribution in [1.82, 2.24) is 35.0 Å². The normalized spacial score (nSPS) is 14.3. The molecule has 0 bridgehead atoms. The number of rotatable bonds is 8. The quantitative estimate of drug-likeness (QED) is 0.276. The van der Waals surface area contributed by atoms with Crippen LogP contribution in [-0.2, 0) is 4.74 Å². The summed E-state index contributed by atoms with van der Waals surface area (Å²) in [5, 5.41) is 13.4. The van der Waals surface area contributed by atoms with Crippen LogP contribution in [-0.4, -0.2) is 88.6 Å². The minimum atomic E-state index is -0.227. The fourth-order valence-corrected chi connectivity index (χ4v) is 4.87. The Hall–Kier alpha value is -4.55. The summed E-state index contributed by atoms with van der Waals surface area (Å²) in [6.45, 7) is 5.45. The zero-order valence-electron chi connectivity index (χ0n) is 21.8. The van der Waals surface area contributed by atoms with Gasteiger partial charge in [0.2, 0.25) is 0 Å². The number of fused-ring (bicyclic) bond motifs is 2. The Bertz CT molecular complexity index is 1660. The molecule has 5 aromatic rings. The molecule has 3 N–H and O–H groups in total. The van der Waals surface area contributed by atoms with Gasteiger partial charge in [0.1, 0.15) is 5.82 Å². The molecule has 5 heterocycles. The maximum absolute atomic E-state index is 12.8. The molecule has 0 spiro atoms. The fraction of sp³-hybridized carbons (Fsp3) is 0.296. The van der Waals surface area contributed by atoms with Gasteiger partial charge < -0.3 is 24.7 Å². The molecule has 0 saturated carbocycles. The SMILES string of the molecule is COCCN1CCN(c2n[nH]c3cc(Nc4nc(-c5cnc(OC)nc5)cc5cc[nH]c(=O)c45)ccc23)CC1. The number of methoxy groups -OCH3 is 2. The van der Waals surface area contributed by atoms with Crippen molar-refractivity contribution in [3.63, 3.8) is 0 Å². The number of nitrogens with one attached hydrogen (secondary N) is 3. The molecule has 1 aliphatic rings. The smallest absolute Gasteiger partial charge is 0.316 e. The van der Waals surface area contributed by atoms with Crippen LogP contribution in [0.1, 0.15) is 0 Å². The van der Waals surface area contributed by atoms with Crippen molar-refractivity contribution in [2.75, 3.05) is 63.8 Å². The molecule has 1 aliphatic heterocycles. The Morgan fingerprint density at radius 1 is 1.05 bits per heavy atom. The van der Waals surface area contributed by atoms with Crippen LogP contribution in [0.3, 0.4) is 0 Å². The van der Waals surface area contributed by atoms with Crippen LogP contribution in [0.4, 0.5) is 17.3 Å². The summed E-state index contributed by atoms with van der Waals surface area (Å²) in [5.74, 6) is 1.39. The van der Waals surface area contributed by atoms with Crippen LogP contribution >= 0.6 is 0 Å². The summed E-state index contributed by atoms with van der Waals surface area (Å²) < 4.78 is 10.3. The maximum Gasteiger partial charge on any atom is 0.316 e. The number of aromatic nitrogens is 6. The van der Waals surface area contributed by atoms with Crippen molar-refractivity contribution in [3.8, 4) is 17.3 Å². The molecule has 6 rings (SSSR count). The number of H-pyrrole nitrogens is 2. The minimum Gasteiger partial charge on any atom is -0.467 e. The summed E-state index contributed by atoms with van der Waals surface area (Å²) in [6, 6.07) is 9.96. The standard InChI is InChI=1S/C27H29N9O3/c1-38-12-11-35-7-9-36(10-8-35)25-20-4-3-19(14-22(20)33-34-25)31-24-23-17(5-6-28-26(23)37)13-21(32-24)18-15-29-27(39-2)30-16-18/h3-6,13-16H,7-12H2,1-2H3,(H,28,37)(H,31,32)(H,33,34). The lowest BCUT2D eigenvalue weighted by atomic mass is 10.1. The van der Waals surface area contributed by atoms with Crippen molar-refractivity contribution >= 4 is 39.0 Å². The number of anilines is 3. The Kier molecular flexibility index (Phi) is 6.78. The second-order valence-corrected chi connectivity index (χ2v) is 9.34. The van der Waals surface area contributed by atoms with Gasteiger partial charge in [0.05, 0.1) is 30.3 Å². The molecule has 1 saturated heterocycles. The molecule has 1 fully saturated rings. The first-order valence-corrected chi connectivity index (χ1v) is 12.7. The highest BCUT2D eigenvalue weighted by Crippen LogP contribution is 2.31. The van der Waals surface area contributed by atoms with E-state index in [2.05, 4.69) is 40.3 Å². The monoisotopic (exact) mass is 527 g/mol. The van der Waals surface area contributed by atoms with Crippen LogP contribution in [0.15, 0.2) is 53.7 Å². The molecule has 0 amide bonds. The van der Waals surface area contributed by atoms with Gasteiger partial charge >= 0.3 is 6.01 Å². The molecule has 39 heavy (non-hydrogen) atoms. The molecule has 0 aliphatic carbocycles. The molecule has 1 aromatic carbocycles. The number of hydrogen-bond donors (Lipinski definition) is 3. The van der Waals surface area contributed by atoms with Gasteiger partial charge in [-0.2, -0.15) is 5.10 Å². The third-order valence-electron chi connectivity index (χ3n) is 6.95. The Balaban J connectivity index is 1.29.